The minimum atomic E-state index is -1.39. The highest BCUT2D eigenvalue weighted by atomic mass is 31.2. The van der Waals surface area contributed by atoms with Gasteiger partial charge in [0.05, 0.1) is 18.8 Å². The Balaban J connectivity index is 2.57. The van der Waals surface area contributed by atoms with Crippen molar-refractivity contribution in [3.05, 3.63) is 30.3 Å². The number of benzene rings is 1. The fourth-order valence-electron chi connectivity index (χ4n) is 1.37. The largest absolute Gasteiger partial charge is 0.436 e. The molecule has 0 unspecified atom stereocenters. The number of hydrogen-bond donors (Lipinski definition) is 1. The summed E-state index contributed by atoms with van der Waals surface area (Å²) in [5.74, 6) is 0.703. The van der Waals surface area contributed by atoms with E-state index in [0.717, 1.165) is 12.7 Å². The minimum absolute atomic E-state index is 0.0210. The monoisotopic (exact) mass is 299 g/mol. The number of carbonyl (C=O) groups excluding carboxylic acids is 1. The Labute approximate surface area is 121 Å². The molecule has 1 N–H and O–H groups in total. The molecule has 0 saturated carbocycles. The lowest BCUT2D eigenvalue weighted by atomic mass is 10.3. The first-order chi connectivity index (χ1) is 9.69. The average molecular weight is 299 g/mol. The van der Waals surface area contributed by atoms with E-state index in [1.807, 2.05) is 37.3 Å². The van der Waals surface area contributed by atoms with Crippen LogP contribution in [0.1, 0.15) is 20.3 Å². The zero-order chi connectivity index (χ0) is 14.8. The van der Waals surface area contributed by atoms with Crippen molar-refractivity contribution in [1.29, 1.82) is 0 Å². The fourth-order valence-corrected chi connectivity index (χ4v) is 2.56. The van der Waals surface area contributed by atoms with Crippen LogP contribution in [-0.4, -0.2) is 32.1 Å². The van der Waals surface area contributed by atoms with Gasteiger partial charge in [-0.1, -0.05) is 25.1 Å². The molecule has 0 aliphatic carbocycles. The van der Waals surface area contributed by atoms with Gasteiger partial charge in [0.2, 0.25) is 0 Å². The van der Waals surface area contributed by atoms with Crippen LogP contribution in [-0.2, 0) is 14.1 Å². The minimum Gasteiger partial charge on any atom is -0.436 e. The van der Waals surface area contributed by atoms with Crippen molar-refractivity contribution in [2.75, 3.05) is 13.7 Å². The maximum Gasteiger partial charge on any atom is 0.318 e. The average Bonchev–Trinajstić information content (AvgIpc) is 2.49. The van der Waals surface area contributed by atoms with Gasteiger partial charge in [-0.05, 0) is 25.5 Å². The number of para-hydroxylation sites is 1. The van der Waals surface area contributed by atoms with E-state index in [9.17, 15) is 4.79 Å². The lowest BCUT2D eigenvalue weighted by Crippen LogP contribution is -2.27. The van der Waals surface area contributed by atoms with E-state index >= 15 is 0 Å². The van der Waals surface area contributed by atoms with Gasteiger partial charge in [-0.2, -0.15) is 0 Å². The highest BCUT2D eigenvalue weighted by Gasteiger charge is 2.18. The summed E-state index contributed by atoms with van der Waals surface area (Å²) in [6, 6.07) is 9.05. The number of carbonyl (C=O) groups is 1. The molecule has 3 atom stereocenters. The summed E-state index contributed by atoms with van der Waals surface area (Å²) in [7, 11) is 0.265. The Bertz CT molecular complexity index is 373. The first-order valence-corrected chi connectivity index (χ1v) is 7.77. The van der Waals surface area contributed by atoms with Crippen molar-refractivity contribution in [2.45, 2.75) is 32.4 Å². The number of aldehydes is 1. The van der Waals surface area contributed by atoms with Crippen LogP contribution in [0.25, 0.3) is 0 Å². The molecule has 112 valence electrons. The third kappa shape index (κ3) is 6.44. The third-order valence-electron chi connectivity index (χ3n) is 2.61. The van der Waals surface area contributed by atoms with E-state index in [-0.39, 0.29) is 12.1 Å². The summed E-state index contributed by atoms with van der Waals surface area (Å²) in [5, 5.41) is 3.02. The SMILES string of the molecule is CC[C@@H](CO[P@](N[C@H](C)C=O)Oc1ccccc1)OC. The first-order valence-electron chi connectivity index (χ1n) is 6.59. The second-order valence-electron chi connectivity index (χ2n) is 4.28. The van der Waals surface area contributed by atoms with Gasteiger partial charge in [0.15, 0.2) is 0 Å². The number of rotatable bonds is 10. The number of nitrogens with one attached hydrogen (secondary N) is 1. The molecule has 0 radical (unpaired) electrons. The van der Waals surface area contributed by atoms with Gasteiger partial charge in [-0.15, -0.1) is 0 Å². The van der Waals surface area contributed by atoms with Crippen molar-refractivity contribution in [1.82, 2.24) is 5.09 Å². The lowest BCUT2D eigenvalue weighted by molar-refractivity contribution is -0.108. The molecular weight excluding hydrogens is 277 g/mol. The zero-order valence-corrected chi connectivity index (χ0v) is 13.0. The van der Waals surface area contributed by atoms with Gasteiger partial charge >= 0.3 is 8.53 Å². The lowest BCUT2D eigenvalue weighted by Gasteiger charge is -2.22. The van der Waals surface area contributed by atoms with E-state index in [4.69, 9.17) is 13.8 Å². The maximum atomic E-state index is 10.8. The molecule has 1 aromatic carbocycles. The molecule has 0 saturated heterocycles. The van der Waals surface area contributed by atoms with Gasteiger partial charge in [0, 0.05) is 7.11 Å². The van der Waals surface area contributed by atoms with Crippen LogP contribution >= 0.6 is 8.53 Å². The molecule has 0 fully saturated rings. The first kappa shape index (κ1) is 17.1. The second-order valence-corrected chi connectivity index (χ2v) is 5.49. The topological polar surface area (TPSA) is 56.8 Å². The zero-order valence-electron chi connectivity index (χ0n) is 12.1. The van der Waals surface area contributed by atoms with E-state index in [2.05, 4.69) is 5.09 Å². The van der Waals surface area contributed by atoms with E-state index < -0.39 is 8.53 Å². The summed E-state index contributed by atoms with van der Waals surface area (Å²) in [6.07, 6.45) is 1.70. The Kier molecular flexibility index (Phi) is 8.38. The van der Waals surface area contributed by atoms with Crippen LogP contribution in [0.2, 0.25) is 0 Å². The van der Waals surface area contributed by atoms with Crippen LogP contribution in [0.15, 0.2) is 30.3 Å². The molecule has 1 aromatic rings. The standard InChI is InChI=1S/C14H22NO4P/c1-4-13(17-3)11-18-20(15-12(2)10-16)19-14-8-6-5-7-9-14/h5-10,12-13,15H,4,11H2,1-3H3/t12-,13+,20+/m1/s1. The molecule has 20 heavy (non-hydrogen) atoms. The molecule has 6 heteroatoms. The van der Waals surface area contributed by atoms with E-state index in [1.54, 1.807) is 14.0 Å². The second kappa shape index (κ2) is 9.83. The molecule has 0 aromatic heterocycles. The fraction of sp³-hybridized carbons (Fsp3) is 0.500. The van der Waals surface area contributed by atoms with Crippen molar-refractivity contribution in [3.63, 3.8) is 0 Å². The van der Waals surface area contributed by atoms with Gasteiger partial charge in [0.1, 0.15) is 12.0 Å². The summed E-state index contributed by atoms with van der Waals surface area (Å²) in [6.45, 7) is 4.21. The molecule has 0 spiro atoms. The van der Waals surface area contributed by atoms with Gasteiger partial charge in [0.25, 0.3) is 0 Å². The highest BCUT2D eigenvalue weighted by Crippen LogP contribution is 2.36. The summed E-state index contributed by atoms with van der Waals surface area (Å²) < 4.78 is 16.7. The number of methoxy groups -OCH3 is 1. The Morgan fingerprint density at radius 3 is 2.60 bits per heavy atom. The van der Waals surface area contributed by atoms with Crippen LogP contribution in [0.4, 0.5) is 0 Å². The summed E-state index contributed by atoms with van der Waals surface area (Å²) in [5.41, 5.74) is 0. The van der Waals surface area contributed by atoms with Crippen LogP contribution < -0.4 is 9.61 Å². The van der Waals surface area contributed by atoms with Crippen molar-refractivity contribution < 1.29 is 18.6 Å². The predicted molar refractivity (Wildman–Crippen MR) is 79.7 cm³/mol. The van der Waals surface area contributed by atoms with Crippen molar-refractivity contribution in [3.8, 4) is 5.75 Å². The van der Waals surface area contributed by atoms with Gasteiger partial charge in [-0.3, -0.25) is 0 Å². The molecule has 0 amide bonds. The van der Waals surface area contributed by atoms with E-state index in [1.165, 1.54) is 0 Å². The molecule has 0 heterocycles. The van der Waals surface area contributed by atoms with Crippen LogP contribution in [0, 0.1) is 0 Å². The highest BCUT2D eigenvalue weighted by molar-refractivity contribution is 7.45. The molecule has 5 nitrogen and oxygen atoms in total. The molecule has 0 aliphatic heterocycles. The normalized spacial score (nSPS) is 15.3. The Morgan fingerprint density at radius 2 is 2.05 bits per heavy atom. The molecule has 1 rings (SSSR count). The Morgan fingerprint density at radius 1 is 1.35 bits per heavy atom. The molecular formula is C14H22NO4P. The smallest absolute Gasteiger partial charge is 0.318 e. The quantitative estimate of drug-likeness (QED) is 0.532. The molecule has 0 aliphatic rings. The number of hydrogen-bond acceptors (Lipinski definition) is 5. The van der Waals surface area contributed by atoms with Crippen LogP contribution in [0.3, 0.4) is 0 Å². The Hall–Kier alpha value is -1.00. The third-order valence-corrected chi connectivity index (χ3v) is 3.99. The van der Waals surface area contributed by atoms with Crippen molar-refractivity contribution >= 4 is 14.8 Å². The van der Waals surface area contributed by atoms with Gasteiger partial charge in [-0.25, -0.2) is 5.09 Å². The van der Waals surface area contributed by atoms with E-state index in [0.29, 0.717) is 12.4 Å². The van der Waals surface area contributed by atoms with Gasteiger partial charge < -0.3 is 18.6 Å². The predicted octanol–water partition coefficient (Wildman–Crippen LogP) is 2.91. The summed E-state index contributed by atoms with van der Waals surface area (Å²) in [4.78, 5) is 10.8. The van der Waals surface area contributed by atoms with Crippen molar-refractivity contribution in [2.24, 2.45) is 0 Å². The van der Waals surface area contributed by atoms with Crippen LogP contribution in [0.5, 0.6) is 5.75 Å². The molecule has 0 bridgehead atoms. The summed E-state index contributed by atoms with van der Waals surface area (Å²) >= 11 is 0. The number of ether oxygens (including phenoxy) is 1. The maximum absolute atomic E-state index is 10.8.